The number of rotatable bonds is 6. The number of nitrogens with zero attached hydrogens (tertiary/aromatic N) is 1. The van der Waals surface area contributed by atoms with Crippen LogP contribution in [0.2, 0.25) is 0 Å². The van der Waals surface area contributed by atoms with Crippen LogP contribution in [-0.4, -0.2) is 15.6 Å². The molecule has 178 valence electrons. The van der Waals surface area contributed by atoms with Gasteiger partial charge in [0.2, 0.25) is 0 Å². The van der Waals surface area contributed by atoms with Crippen LogP contribution in [0.5, 0.6) is 0 Å². The molecule has 1 aromatic carbocycles. The molecule has 0 saturated heterocycles. The van der Waals surface area contributed by atoms with Gasteiger partial charge in [-0.1, -0.05) is 98.4 Å². The Morgan fingerprint density at radius 3 is 2.00 bits per heavy atom. The number of carboxylic acids is 1. The molecule has 0 amide bonds. The maximum Gasteiger partial charge on any atom is 0.341 e. The fraction of sp³-hybridized carbons (Fsp3) is 0.429. The normalized spacial score (nSPS) is 10.3. The first-order valence-electron chi connectivity index (χ1n) is 11.6. The summed E-state index contributed by atoms with van der Waals surface area (Å²) in [6.07, 6.45) is 4.02. The Kier molecular flexibility index (Phi) is 17.4. The number of aromatic carboxylic acids is 1. The highest BCUT2D eigenvalue weighted by atomic mass is 16.4. The lowest BCUT2D eigenvalue weighted by Gasteiger charge is -2.17. The molecule has 0 aliphatic rings. The number of aromatic nitrogens is 1. The average molecular weight is 442 g/mol. The van der Waals surface area contributed by atoms with Gasteiger partial charge in [-0.25, -0.2) is 4.79 Å². The lowest BCUT2D eigenvalue weighted by molar-refractivity contribution is 0.0694. The Bertz CT molecular complexity index is 888. The van der Waals surface area contributed by atoms with Gasteiger partial charge in [0.15, 0.2) is 5.43 Å². The lowest BCUT2D eigenvalue weighted by Crippen LogP contribution is -2.20. The Balaban J connectivity index is 0. The molecule has 0 atom stereocenters. The summed E-state index contributed by atoms with van der Waals surface area (Å²) < 4.78 is 1.83. The number of benzene rings is 1. The third kappa shape index (κ3) is 10.4. The number of hydrogen-bond acceptors (Lipinski definition) is 2. The molecule has 1 N–H and O–H groups in total. The molecular weight excluding hydrogens is 398 g/mol. The number of hydrogen-bond donors (Lipinski definition) is 1. The van der Waals surface area contributed by atoms with Crippen molar-refractivity contribution >= 4 is 17.1 Å². The largest absolute Gasteiger partial charge is 0.477 e. The van der Waals surface area contributed by atoms with E-state index in [1.54, 1.807) is 6.08 Å². The van der Waals surface area contributed by atoms with Crippen LogP contribution in [0.25, 0.3) is 11.1 Å². The second-order valence-corrected chi connectivity index (χ2v) is 7.28. The van der Waals surface area contributed by atoms with Crippen LogP contribution < -0.4 is 5.43 Å². The van der Waals surface area contributed by atoms with Crippen molar-refractivity contribution in [2.75, 3.05) is 0 Å². The van der Waals surface area contributed by atoms with E-state index in [-0.39, 0.29) is 5.56 Å². The Morgan fingerprint density at radius 2 is 1.59 bits per heavy atom. The molecule has 0 aliphatic carbocycles. The van der Waals surface area contributed by atoms with E-state index in [1.165, 1.54) is 12.3 Å². The Morgan fingerprint density at radius 1 is 1.09 bits per heavy atom. The van der Waals surface area contributed by atoms with Gasteiger partial charge in [-0.3, -0.25) is 4.79 Å². The highest BCUT2D eigenvalue weighted by molar-refractivity contribution is 5.94. The SMILES string of the molecule is C=C/C(=C(\C)c1cc(=O)c(C(=O)O)cn1CCC)c1ccccc1.CC.CC.CC(C)C. The monoisotopic (exact) mass is 441 g/mol. The zero-order chi connectivity index (χ0) is 25.3. The fourth-order valence-electron chi connectivity index (χ4n) is 2.73. The standard InChI is InChI=1S/C20H21NO3.C4H10.2C2H6/c1-4-11-21-13-17(20(23)24)19(22)12-18(21)14(3)16(5-2)15-9-7-6-8-10-15;1-4(2)3;2*1-2/h5-10,12-13H,2,4,11H2,1,3H3,(H,23,24);4H,1-3H3;2*1-2H3/b16-14-;;;. The molecule has 0 spiro atoms. The van der Waals surface area contributed by atoms with Gasteiger partial charge in [0.25, 0.3) is 0 Å². The lowest BCUT2D eigenvalue weighted by atomic mass is 9.98. The summed E-state index contributed by atoms with van der Waals surface area (Å²) in [6.45, 7) is 22.9. The van der Waals surface area contributed by atoms with Gasteiger partial charge < -0.3 is 9.67 Å². The third-order valence-corrected chi connectivity index (χ3v) is 3.90. The molecule has 2 aromatic rings. The molecule has 0 saturated carbocycles. The number of carboxylic acid groups (broad SMARTS) is 1. The Hall–Kier alpha value is -2.88. The van der Waals surface area contributed by atoms with Crippen LogP contribution in [0.1, 0.15) is 90.3 Å². The smallest absolute Gasteiger partial charge is 0.341 e. The predicted octanol–water partition coefficient (Wildman–Crippen LogP) is 7.79. The van der Waals surface area contributed by atoms with Crippen molar-refractivity contribution in [3.63, 3.8) is 0 Å². The second-order valence-electron chi connectivity index (χ2n) is 7.28. The third-order valence-electron chi connectivity index (χ3n) is 3.90. The van der Waals surface area contributed by atoms with Crippen LogP contribution in [0, 0.1) is 5.92 Å². The summed E-state index contributed by atoms with van der Waals surface area (Å²) in [7, 11) is 0. The number of pyridine rings is 1. The van der Waals surface area contributed by atoms with Crippen molar-refractivity contribution < 1.29 is 9.90 Å². The minimum absolute atomic E-state index is 0.208. The highest BCUT2D eigenvalue weighted by Crippen LogP contribution is 2.26. The summed E-state index contributed by atoms with van der Waals surface area (Å²) >= 11 is 0. The highest BCUT2D eigenvalue weighted by Gasteiger charge is 2.15. The van der Waals surface area contributed by atoms with Gasteiger partial charge in [0.05, 0.1) is 0 Å². The zero-order valence-electron chi connectivity index (χ0n) is 21.5. The van der Waals surface area contributed by atoms with Crippen molar-refractivity contribution in [2.45, 2.75) is 75.3 Å². The summed E-state index contributed by atoms with van der Waals surface area (Å²) in [5, 5.41) is 9.18. The van der Waals surface area contributed by atoms with Crippen LogP contribution >= 0.6 is 0 Å². The van der Waals surface area contributed by atoms with Crippen LogP contribution in [0.4, 0.5) is 0 Å². The van der Waals surface area contributed by atoms with Crippen LogP contribution in [0.15, 0.2) is 60.0 Å². The number of aryl methyl sites for hydroxylation is 1. The summed E-state index contributed by atoms with van der Waals surface area (Å²) in [5.41, 5.74) is 2.83. The second kappa shape index (κ2) is 17.8. The van der Waals surface area contributed by atoms with Crippen LogP contribution in [-0.2, 0) is 6.54 Å². The minimum Gasteiger partial charge on any atom is -0.477 e. The molecule has 0 unspecified atom stereocenters. The zero-order valence-corrected chi connectivity index (χ0v) is 21.5. The molecule has 0 radical (unpaired) electrons. The summed E-state index contributed by atoms with van der Waals surface area (Å²) in [4.78, 5) is 23.4. The summed E-state index contributed by atoms with van der Waals surface area (Å²) in [5.74, 6) is -0.370. The first-order chi connectivity index (χ1) is 15.2. The van der Waals surface area contributed by atoms with E-state index >= 15 is 0 Å². The first-order valence-corrected chi connectivity index (χ1v) is 11.6. The molecule has 0 bridgehead atoms. The van der Waals surface area contributed by atoms with E-state index in [1.807, 2.05) is 76.4 Å². The van der Waals surface area contributed by atoms with Crippen molar-refractivity contribution in [1.29, 1.82) is 0 Å². The van der Waals surface area contributed by atoms with Crippen molar-refractivity contribution in [1.82, 2.24) is 4.57 Å². The topological polar surface area (TPSA) is 59.3 Å². The van der Waals surface area contributed by atoms with E-state index in [2.05, 4.69) is 27.4 Å². The van der Waals surface area contributed by atoms with E-state index in [0.717, 1.165) is 29.0 Å². The number of allylic oxidation sites excluding steroid dienone is 3. The van der Waals surface area contributed by atoms with E-state index in [9.17, 15) is 14.7 Å². The Labute approximate surface area is 195 Å². The molecule has 0 fully saturated rings. The maximum absolute atomic E-state index is 12.1. The van der Waals surface area contributed by atoms with Crippen molar-refractivity contribution in [3.05, 3.63) is 82.3 Å². The first kappa shape index (κ1) is 31.3. The molecule has 32 heavy (non-hydrogen) atoms. The van der Waals surface area contributed by atoms with Gasteiger partial charge in [-0.15, -0.1) is 0 Å². The molecule has 4 nitrogen and oxygen atoms in total. The van der Waals surface area contributed by atoms with Crippen molar-refractivity contribution in [2.24, 2.45) is 5.92 Å². The van der Waals surface area contributed by atoms with Gasteiger partial charge in [0.1, 0.15) is 5.56 Å². The molecular formula is C28H43NO3. The van der Waals surface area contributed by atoms with Crippen LogP contribution in [0.3, 0.4) is 0 Å². The minimum atomic E-state index is -1.20. The molecule has 1 aromatic heterocycles. The quantitative estimate of drug-likeness (QED) is 0.465. The average Bonchev–Trinajstić information content (AvgIpc) is 2.78. The van der Waals surface area contributed by atoms with Gasteiger partial charge >= 0.3 is 5.97 Å². The van der Waals surface area contributed by atoms with E-state index < -0.39 is 11.4 Å². The molecule has 2 rings (SSSR count). The number of carbonyl (C=O) groups is 1. The van der Waals surface area contributed by atoms with E-state index in [0.29, 0.717) is 12.2 Å². The predicted molar refractivity (Wildman–Crippen MR) is 140 cm³/mol. The molecule has 1 heterocycles. The molecule has 4 heteroatoms. The molecule has 0 aliphatic heterocycles. The van der Waals surface area contributed by atoms with E-state index in [4.69, 9.17) is 0 Å². The summed E-state index contributed by atoms with van der Waals surface area (Å²) in [6, 6.07) is 11.2. The van der Waals surface area contributed by atoms with Gasteiger partial charge in [-0.05, 0) is 36.0 Å². The van der Waals surface area contributed by atoms with Crippen molar-refractivity contribution in [3.8, 4) is 0 Å². The van der Waals surface area contributed by atoms with Gasteiger partial charge in [-0.2, -0.15) is 0 Å². The maximum atomic E-state index is 12.1. The fourth-order valence-corrected chi connectivity index (χ4v) is 2.73. The van der Waals surface area contributed by atoms with Gasteiger partial charge in [0, 0.05) is 24.5 Å².